The maximum atomic E-state index is 11.4. The molecule has 4 heteroatoms. The summed E-state index contributed by atoms with van der Waals surface area (Å²) in [4.78, 5) is 13.3. The summed E-state index contributed by atoms with van der Waals surface area (Å²) in [5, 5.41) is 8.48. The van der Waals surface area contributed by atoms with E-state index in [1.54, 1.807) is 7.11 Å². The summed E-state index contributed by atoms with van der Waals surface area (Å²) in [6.45, 7) is 5.01. The first kappa shape index (κ1) is 15.2. The number of nitrogens with zero attached hydrogens (tertiary/aromatic N) is 2. The fourth-order valence-electron chi connectivity index (χ4n) is 1.95. The van der Waals surface area contributed by atoms with Crippen LogP contribution in [0.25, 0.3) is 0 Å². The summed E-state index contributed by atoms with van der Waals surface area (Å²) in [5.74, 6) is 0.774. The van der Waals surface area contributed by atoms with Crippen LogP contribution >= 0.6 is 0 Å². The van der Waals surface area contributed by atoms with Gasteiger partial charge in [-0.2, -0.15) is 5.26 Å². The number of hydrogen-bond acceptors (Lipinski definition) is 4. The van der Waals surface area contributed by atoms with E-state index in [0.29, 0.717) is 6.54 Å². The molecule has 19 heavy (non-hydrogen) atoms. The third-order valence-electron chi connectivity index (χ3n) is 3.06. The molecular weight excluding hydrogens is 240 g/mol. The predicted octanol–water partition coefficient (Wildman–Crippen LogP) is 2.23. The number of nitriles is 1. The highest BCUT2D eigenvalue weighted by Gasteiger charge is 2.11. The lowest BCUT2D eigenvalue weighted by Crippen LogP contribution is -2.25. The van der Waals surface area contributed by atoms with E-state index in [2.05, 4.69) is 13.0 Å². The average molecular weight is 260 g/mol. The van der Waals surface area contributed by atoms with Crippen LogP contribution in [0.2, 0.25) is 0 Å². The fraction of sp³-hybridized carbons (Fsp3) is 0.467. The minimum atomic E-state index is -0.0622. The molecule has 0 aliphatic carbocycles. The third kappa shape index (κ3) is 4.38. The fourth-order valence-corrected chi connectivity index (χ4v) is 1.95. The molecule has 0 N–H and O–H groups in total. The zero-order chi connectivity index (χ0) is 14.4. The Bertz CT molecular complexity index is 504. The van der Waals surface area contributed by atoms with Gasteiger partial charge in [-0.1, -0.05) is 6.07 Å². The van der Waals surface area contributed by atoms with E-state index in [9.17, 15) is 4.79 Å². The van der Waals surface area contributed by atoms with E-state index in [4.69, 9.17) is 10.00 Å². The molecule has 1 aromatic rings. The van der Waals surface area contributed by atoms with Crippen molar-refractivity contribution < 1.29 is 9.53 Å². The number of methoxy groups -OCH3 is 1. The van der Waals surface area contributed by atoms with Gasteiger partial charge >= 0.3 is 0 Å². The van der Waals surface area contributed by atoms with Crippen LogP contribution < -0.4 is 4.74 Å². The van der Waals surface area contributed by atoms with Crippen molar-refractivity contribution in [2.24, 2.45) is 0 Å². The Kier molecular flexibility index (Phi) is 5.53. The molecule has 0 aromatic heterocycles. The lowest BCUT2D eigenvalue weighted by Gasteiger charge is -2.18. The van der Waals surface area contributed by atoms with Crippen molar-refractivity contribution in [2.45, 2.75) is 26.8 Å². The Morgan fingerprint density at radius 1 is 1.37 bits per heavy atom. The van der Waals surface area contributed by atoms with Gasteiger partial charge < -0.3 is 4.74 Å². The van der Waals surface area contributed by atoms with Crippen LogP contribution in [0.1, 0.15) is 23.1 Å². The van der Waals surface area contributed by atoms with E-state index in [-0.39, 0.29) is 18.7 Å². The molecule has 1 aromatic carbocycles. The van der Waals surface area contributed by atoms with Gasteiger partial charge in [-0.25, -0.2) is 0 Å². The van der Waals surface area contributed by atoms with Gasteiger partial charge in [0.1, 0.15) is 5.75 Å². The van der Waals surface area contributed by atoms with E-state index in [1.165, 1.54) is 11.1 Å². The number of likely N-dealkylation sites (N-methyl/N-ethyl adjacent to an activating group) is 1. The molecule has 102 valence electrons. The van der Waals surface area contributed by atoms with E-state index >= 15 is 0 Å². The van der Waals surface area contributed by atoms with Crippen LogP contribution in [0.3, 0.4) is 0 Å². The van der Waals surface area contributed by atoms with Gasteiger partial charge in [-0.05, 0) is 38.1 Å². The molecule has 0 atom stereocenters. The first-order chi connectivity index (χ1) is 8.97. The van der Waals surface area contributed by atoms with Gasteiger partial charge in [0.25, 0.3) is 0 Å². The highest BCUT2D eigenvalue weighted by atomic mass is 16.5. The molecule has 4 nitrogen and oxygen atoms in total. The lowest BCUT2D eigenvalue weighted by atomic mass is 10.0. The normalized spacial score (nSPS) is 10.3. The summed E-state index contributed by atoms with van der Waals surface area (Å²) in [5.41, 5.74) is 3.44. The first-order valence-electron chi connectivity index (χ1n) is 6.19. The molecule has 1 rings (SSSR count). The maximum Gasteiger partial charge on any atom is 0.160 e. The summed E-state index contributed by atoms with van der Waals surface area (Å²) in [6, 6.07) is 5.97. The third-order valence-corrected chi connectivity index (χ3v) is 3.06. The van der Waals surface area contributed by atoms with E-state index in [1.807, 2.05) is 31.0 Å². The number of aryl methyl sites for hydroxylation is 2. The van der Waals surface area contributed by atoms with E-state index < -0.39 is 0 Å². The molecule has 0 amide bonds. The number of ether oxygens (including phenoxy) is 1. The zero-order valence-electron chi connectivity index (χ0n) is 12.0. The largest absolute Gasteiger partial charge is 0.496 e. The number of ketones is 1. The van der Waals surface area contributed by atoms with Gasteiger partial charge in [0.2, 0.25) is 0 Å². The van der Waals surface area contributed by atoms with Crippen molar-refractivity contribution in [1.29, 1.82) is 5.26 Å². The zero-order valence-corrected chi connectivity index (χ0v) is 12.0. The Morgan fingerprint density at radius 3 is 2.58 bits per heavy atom. The molecular formula is C15H20N2O2. The monoisotopic (exact) mass is 260 g/mol. The number of rotatable bonds is 6. The number of hydrogen-bond donors (Lipinski definition) is 0. The van der Waals surface area contributed by atoms with Crippen molar-refractivity contribution in [2.75, 3.05) is 20.7 Å². The standard InChI is InChI=1S/C15H20N2O2/c1-11-7-13(15(19-4)8-12(11)2)9-17(3)10-14(18)5-6-16/h7-8H,5,9-10H2,1-4H3. The molecule has 0 aliphatic heterocycles. The number of carbonyl (C=O) groups excluding carboxylic acids is 1. The van der Waals surface area contributed by atoms with Crippen LogP contribution in [-0.2, 0) is 11.3 Å². The molecule has 0 saturated heterocycles. The van der Waals surface area contributed by atoms with E-state index in [0.717, 1.165) is 11.3 Å². The Balaban J connectivity index is 2.79. The second-order valence-electron chi connectivity index (χ2n) is 4.79. The van der Waals surface area contributed by atoms with Crippen LogP contribution in [0.15, 0.2) is 12.1 Å². The Morgan fingerprint density at radius 2 is 2.00 bits per heavy atom. The summed E-state index contributed by atoms with van der Waals surface area (Å²) in [6.07, 6.45) is -0.0333. The molecule has 0 heterocycles. The highest BCUT2D eigenvalue weighted by Crippen LogP contribution is 2.24. The second kappa shape index (κ2) is 6.91. The van der Waals surface area contributed by atoms with Crippen molar-refractivity contribution in [3.05, 3.63) is 28.8 Å². The molecule has 0 saturated carbocycles. The SMILES string of the molecule is COc1cc(C)c(C)cc1CN(C)CC(=O)CC#N. The minimum Gasteiger partial charge on any atom is -0.496 e. The molecule has 0 spiro atoms. The predicted molar refractivity (Wildman–Crippen MR) is 74.0 cm³/mol. The van der Waals surface area contributed by atoms with Crippen molar-refractivity contribution in [3.8, 4) is 11.8 Å². The van der Waals surface area contributed by atoms with Crippen LogP contribution in [0.5, 0.6) is 5.75 Å². The number of benzene rings is 1. The molecule has 0 bridgehead atoms. The molecule has 0 aliphatic rings. The van der Waals surface area contributed by atoms with Crippen LogP contribution in [0.4, 0.5) is 0 Å². The first-order valence-corrected chi connectivity index (χ1v) is 6.19. The molecule has 0 unspecified atom stereocenters. The average Bonchev–Trinajstić information content (AvgIpc) is 2.33. The Hall–Kier alpha value is -1.86. The summed E-state index contributed by atoms with van der Waals surface area (Å²) < 4.78 is 5.37. The Labute approximate surface area is 114 Å². The number of Topliss-reactive ketones (excluding diaryl/α,β-unsaturated/α-hetero) is 1. The maximum absolute atomic E-state index is 11.4. The van der Waals surface area contributed by atoms with Crippen molar-refractivity contribution >= 4 is 5.78 Å². The van der Waals surface area contributed by atoms with Gasteiger partial charge in [-0.15, -0.1) is 0 Å². The highest BCUT2D eigenvalue weighted by molar-refractivity contribution is 5.82. The quantitative estimate of drug-likeness (QED) is 0.787. The van der Waals surface area contributed by atoms with Gasteiger partial charge in [0.15, 0.2) is 5.78 Å². The minimum absolute atomic E-state index is 0.0333. The van der Waals surface area contributed by atoms with Crippen molar-refractivity contribution in [3.63, 3.8) is 0 Å². The molecule has 0 fully saturated rings. The lowest BCUT2D eigenvalue weighted by molar-refractivity contribution is -0.119. The van der Waals surface area contributed by atoms with Gasteiger partial charge in [0.05, 0.1) is 26.1 Å². The number of carbonyl (C=O) groups is 1. The summed E-state index contributed by atoms with van der Waals surface area (Å²) in [7, 11) is 3.51. The molecule has 0 radical (unpaired) electrons. The topological polar surface area (TPSA) is 53.3 Å². The smallest absolute Gasteiger partial charge is 0.160 e. The van der Waals surface area contributed by atoms with Crippen LogP contribution in [0, 0.1) is 25.2 Å². The van der Waals surface area contributed by atoms with Crippen molar-refractivity contribution in [1.82, 2.24) is 4.90 Å². The van der Waals surface area contributed by atoms with Crippen LogP contribution in [-0.4, -0.2) is 31.4 Å². The van der Waals surface area contributed by atoms with Gasteiger partial charge in [-0.3, -0.25) is 9.69 Å². The van der Waals surface area contributed by atoms with Gasteiger partial charge in [0, 0.05) is 12.1 Å². The summed E-state index contributed by atoms with van der Waals surface area (Å²) >= 11 is 0. The second-order valence-corrected chi connectivity index (χ2v) is 4.79.